The van der Waals surface area contributed by atoms with Crippen molar-refractivity contribution in [2.45, 2.75) is 11.8 Å². The van der Waals surface area contributed by atoms with E-state index in [-0.39, 0.29) is 12.5 Å². The molecule has 3 rings (SSSR count). The van der Waals surface area contributed by atoms with E-state index in [1.54, 1.807) is 42.5 Å². The Hall–Kier alpha value is -2.42. The average Bonchev–Trinajstić information content (AvgIpc) is 2.71. The van der Waals surface area contributed by atoms with Gasteiger partial charge in [-0.3, -0.25) is 9.69 Å². The molecule has 1 N–H and O–H groups in total. The molecule has 1 fully saturated rings. The molecule has 0 atom stereocenters. The third-order valence-corrected chi connectivity index (χ3v) is 6.44. The van der Waals surface area contributed by atoms with Crippen molar-refractivity contribution in [3.63, 3.8) is 0 Å². The molecule has 1 aliphatic rings. The highest BCUT2D eigenvalue weighted by molar-refractivity contribution is 7.89. The van der Waals surface area contributed by atoms with Crippen molar-refractivity contribution < 1.29 is 17.9 Å². The van der Waals surface area contributed by atoms with Crippen LogP contribution in [0.3, 0.4) is 0 Å². The number of nitrogens with zero attached hydrogens (tertiary/aromatic N) is 2. The standard InChI is InChI=1S/C20H25N3O4S/c1-2-27-18-10-8-17(9-11-18)21-20(24)16-22-12-14-23(15-13-22)28(25,26)19-6-4-3-5-7-19/h3-11H,2,12-16H2,1H3,(H,21,24). The highest BCUT2D eigenvalue weighted by Crippen LogP contribution is 2.18. The molecule has 0 saturated carbocycles. The van der Waals surface area contributed by atoms with Crippen LogP contribution in [-0.4, -0.2) is 62.9 Å². The van der Waals surface area contributed by atoms with Gasteiger partial charge in [0.2, 0.25) is 15.9 Å². The van der Waals surface area contributed by atoms with Crippen molar-refractivity contribution >= 4 is 21.6 Å². The predicted molar refractivity (Wildman–Crippen MR) is 108 cm³/mol. The monoisotopic (exact) mass is 403 g/mol. The van der Waals surface area contributed by atoms with Crippen molar-refractivity contribution in [2.75, 3.05) is 44.6 Å². The summed E-state index contributed by atoms with van der Waals surface area (Å²) < 4.78 is 32.2. The van der Waals surface area contributed by atoms with Gasteiger partial charge in [-0.25, -0.2) is 8.42 Å². The van der Waals surface area contributed by atoms with E-state index in [9.17, 15) is 13.2 Å². The summed E-state index contributed by atoms with van der Waals surface area (Å²) in [6.45, 7) is 4.51. The molecule has 8 heteroatoms. The Balaban J connectivity index is 1.49. The molecule has 2 aromatic rings. The lowest BCUT2D eigenvalue weighted by atomic mass is 10.3. The van der Waals surface area contributed by atoms with Crippen LogP contribution in [0.1, 0.15) is 6.92 Å². The number of hydrogen-bond donors (Lipinski definition) is 1. The van der Waals surface area contributed by atoms with E-state index in [2.05, 4.69) is 5.32 Å². The van der Waals surface area contributed by atoms with E-state index in [1.165, 1.54) is 4.31 Å². The highest BCUT2D eigenvalue weighted by Gasteiger charge is 2.28. The zero-order valence-corrected chi connectivity index (χ0v) is 16.7. The van der Waals surface area contributed by atoms with Gasteiger partial charge in [-0.1, -0.05) is 18.2 Å². The number of ether oxygens (including phenoxy) is 1. The Morgan fingerprint density at radius 1 is 1.00 bits per heavy atom. The Bertz CT molecular complexity index is 877. The van der Waals surface area contributed by atoms with Crippen LogP contribution in [0.25, 0.3) is 0 Å². The lowest BCUT2D eigenvalue weighted by molar-refractivity contribution is -0.117. The van der Waals surface area contributed by atoms with Gasteiger partial charge in [0, 0.05) is 31.9 Å². The van der Waals surface area contributed by atoms with E-state index in [0.29, 0.717) is 43.4 Å². The Kier molecular flexibility index (Phi) is 6.66. The molecular formula is C20H25N3O4S. The molecule has 0 aromatic heterocycles. The molecule has 0 unspecified atom stereocenters. The molecule has 1 aliphatic heterocycles. The minimum atomic E-state index is -3.48. The van der Waals surface area contributed by atoms with E-state index in [4.69, 9.17) is 4.74 Å². The summed E-state index contributed by atoms with van der Waals surface area (Å²) in [6.07, 6.45) is 0. The minimum Gasteiger partial charge on any atom is -0.494 e. The molecule has 0 radical (unpaired) electrons. The number of carbonyl (C=O) groups excluding carboxylic acids is 1. The van der Waals surface area contributed by atoms with Crippen molar-refractivity contribution in [2.24, 2.45) is 0 Å². The maximum atomic E-state index is 12.6. The lowest BCUT2D eigenvalue weighted by Gasteiger charge is -2.33. The number of benzene rings is 2. The van der Waals surface area contributed by atoms with E-state index in [1.807, 2.05) is 24.0 Å². The van der Waals surface area contributed by atoms with Crippen LogP contribution < -0.4 is 10.1 Å². The normalized spacial score (nSPS) is 15.9. The zero-order chi connectivity index (χ0) is 20.0. The number of rotatable bonds is 7. The van der Waals surface area contributed by atoms with Gasteiger partial charge in [0.05, 0.1) is 18.0 Å². The van der Waals surface area contributed by atoms with Gasteiger partial charge in [-0.2, -0.15) is 4.31 Å². The predicted octanol–water partition coefficient (Wildman–Crippen LogP) is 2.03. The summed E-state index contributed by atoms with van der Waals surface area (Å²) in [4.78, 5) is 14.5. The first-order valence-electron chi connectivity index (χ1n) is 9.29. The van der Waals surface area contributed by atoms with Crippen LogP contribution in [-0.2, 0) is 14.8 Å². The van der Waals surface area contributed by atoms with Crippen LogP contribution in [0.5, 0.6) is 5.75 Å². The first-order valence-corrected chi connectivity index (χ1v) is 10.7. The number of carbonyl (C=O) groups is 1. The summed E-state index contributed by atoms with van der Waals surface area (Å²) in [7, 11) is -3.48. The summed E-state index contributed by atoms with van der Waals surface area (Å²) in [6, 6.07) is 15.7. The lowest BCUT2D eigenvalue weighted by Crippen LogP contribution is -2.50. The fourth-order valence-electron chi connectivity index (χ4n) is 3.07. The Morgan fingerprint density at radius 3 is 2.25 bits per heavy atom. The van der Waals surface area contributed by atoms with Crippen molar-refractivity contribution in [3.05, 3.63) is 54.6 Å². The Morgan fingerprint density at radius 2 is 1.64 bits per heavy atom. The summed E-state index contributed by atoms with van der Waals surface area (Å²) >= 11 is 0. The molecule has 28 heavy (non-hydrogen) atoms. The van der Waals surface area contributed by atoms with Crippen LogP contribution in [0.2, 0.25) is 0 Å². The molecule has 0 aliphatic carbocycles. The molecule has 1 saturated heterocycles. The number of sulfonamides is 1. The van der Waals surface area contributed by atoms with Crippen LogP contribution in [0.4, 0.5) is 5.69 Å². The average molecular weight is 404 g/mol. The number of anilines is 1. The Labute approximate surface area is 166 Å². The number of piperazine rings is 1. The quantitative estimate of drug-likeness (QED) is 0.765. The van der Waals surface area contributed by atoms with Gasteiger partial charge in [0.25, 0.3) is 0 Å². The van der Waals surface area contributed by atoms with Crippen LogP contribution in [0.15, 0.2) is 59.5 Å². The zero-order valence-electron chi connectivity index (χ0n) is 15.9. The second kappa shape index (κ2) is 9.18. The first-order chi connectivity index (χ1) is 13.5. The van der Waals surface area contributed by atoms with Crippen LogP contribution >= 0.6 is 0 Å². The number of nitrogens with one attached hydrogen (secondary N) is 1. The maximum absolute atomic E-state index is 12.6. The van der Waals surface area contributed by atoms with Gasteiger partial charge >= 0.3 is 0 Å². The largest absolute Gasteiger partial charge is 0.494 e. The molecule has 7 nitrogen and oxygen atoms in total. The van der Waals surface area contributed by atoms with Crippen molar-refractivity contribution in [1.29, 1.82) is 0 Å². The molecule has 2 aromatic carbocycles. The van der Waals surface area contributed by atoms with Gasteiger partial charge in [0.1, 0.15) is 5.75 Å². The van der Waals surface area contributed by atoms with Gasteiger partial charge < -0.3 is 10.1 Å². The minimum absolute atomic E-state index is 0.122. The second-order valence-electron chi connectivity index (χ2n) is 6.50. The number of amides is 1. The van der Waals surface area contributed by atoms with Crippen LogP contribution in [0, 0.1) is 0 Å². The first kappa shape index (κ1) is 20.3. The second-order valence-corrected chi connectivity index (χ2v) is 8.44. The highest BCUT2D eigenvalue weighted by atomic mass is 32.2. The SMILES string of the molecule is CCOc1ccc(NC(=O)CN2CCN(S(=O)(=O)c3ccccc3)CC2)cc1. The molecular weight excluding hydrogens is 378 g/mol. The van der Waals surface area contributed by atoms with Crippen molar-refractivity contribution in [3.8, 4) is 5.75 Å². The third kappa shape index (κ3) is 5.09. The molecule has 150 valence electrons. The molecule has 0 bridgehead atoms. The fraction of sp³-hybridized carbons (Fsp3) is 0.350. The van der Waals surface area contributed by atoms with Gasteiger partial charge in [-0.15, -0.1) is 0 Å². The van der Waals surface area contributed by atoms with E-state index in [0.717, 1.165) is 5.75 Å². The number of hydrogen-bond acceptors (Lipinski definition) is 5. The molecule has 1 heterocycles. The molecule has 1 amide bonds. The summed E-state index contributed by atoms with van der Waals surface area (Å²) in [5.74, 6) is 0.639. The fourth-order valence-corrected chi connectivity index (χ4v) is 4.52. The van der Waals surface area contributed by atoms with Gasteiger partial charge in [-0.05, 0) is 43.3 Å². The van der Waals surface area contributed by atoms with Crippen molar-refractivity contribution in [1.82, 2.24) is 9.21 Å². The van der Waals surface area contributed by atoms with E-state index < -0.39 is 10.0 Å². The van der Waals surface area contributed by atoms with Gasteiger partial charge in [0.15, 0.2) is 0 Å². The smallest absolute Gasteiger partial charge is 0.243 e. The third-order valence-electron chi connectivity index (χ3n) is 4.53. The van der Waals surface area contributed by atoms with E-state index >= 15 is 0 Å². The summed E-state index contributed by atoms with van der Waals surface area (Å²) in [5, 5.41) is 2.86. The molecule has 0 spiro atoms. The summed E-state index contributed by atoms with van der Waals surface area (Å²) in [5.41, 5.74) is 0.707. The topological polar surface area (TPSA) is 79.0 Å². The maximum Gasteiger partial charge on any atom is 0.243 e.